The number of carbonyl (C=O) groups is 1. The van der Waals surface area contributed by atoms with E-state index in [1.807, 2.05) is 11.8 Å². The normalized spacial score (nSPS) is 11.5. The molecule has 0 spiro atoms. The van der Waals surface area contributed by atoms with E-state index >= 15 is 0 Å². The number of amides is 1. The molecule has 0 radical (unpaired) electrons. The number of hydrogen-bond donors (Lipinski definition) is 2. The molecular formula is C12H26N2O2S. The summed E-state index contributed by atoms with van der Waals surface area (Å²) in [6.07, 6.45) is 4.36. The van der Waals surface area contributed by atoms with Crippen LogP contribution in [0.5, 0.6) is 0 Å². The highest BCUT2D eigenvalue weighted by Crippen LogP contribution is 2.29. The number of thioether (sulfide) groups is 1. The number of ether oxygens (including phenoxy) is 1. The zero-order valence-corrected chi connectivity index (χ0v) is 12.3. The van der Waals surface area contributed by atoms with Crippen molar-refractivity contribution in [2.75, 3.05) is 39.6 Å². The van der Waals surface area contributed by atoms with Crippen molar-refractivity contribution in [3.05, 3.63) is 0 Å². The van der Waals surface area contributed by atoms with Gasteiger partial charge in [0.15, 0.2) is 0 Å². The maximum atomic E-state index is 11.4. The molecule has 0 fully saturated rings. The lowest BCUT2D eigenvalue weighted by Gasteiger charge is -2.29. The number of rotatable bonds is 10. The molecule has 0 aromatic heterocycles. The molecule has 4 nitrogen and oxygen atoms in total. The van der Waals surface area contributed by atoms with Crippen LogP contribution in [0.1, 0.15) is 26.7 Å². The standard InChI is InChI=1S/C12H26N2O2S/c1-5-12(6-2,17-4)10-13-9-11(15)14-7-8-16-3/h13H,5-10H2,1-4H3,(H,14,15). The van der Waals surface area contributed by atoms with Gasteiger partial charge in [-0.3, -0.25) is 4.79 Å². The van der Waals surface area contributed by atoms with Gasteiger partial charge >= 0.3 is 0 Å². The highest BCUT2D eigenvalue weighted by molar-refractivity contribution is 8.00. The van der Waals surface area contributed by atoms with Gasteiger partial charge in [-0.15, -0.1) is 0 Å². The first-order chi connectivity index (χ1) is 8.14. The minimum Gasteiger partial charge on any atom is -0.383 e. The summed E-state index contributed by atoms with van der Waals surface area (Å²) in [6, 6.07) is 0. The Morgan fingerprint density at radius 1 is 1.35 bits per heavy atom. The molecule has 17 heavy (non-hydrogen) atoms. The summed E-state index contributed by atoms with van der Waals surface area (Å²) in [7, 11) is 1.62. The van der Waals surface area contributed by atoms with E-state index < -0.39 is 0 Å². The molecule has 0 bridgehead atoms. The number of methoxy groups -OCH3 is 1. The maximum absolute atomic E-state index is 11.4. The van der Waals surface area contributed by atoms with Crippen molar-refractivity contribution < 1.29 is 9.53 Å². The molecule has 0 heterocycles. The quantitative estimate of drug-likeness (QED) is 0.582. The molecule has 2 N–H and O–H groups in total. The molecule has 0 aromatic rings. The van der Waals surface area contributed by atoms with Crippen LogP contribution < -0.4 is 10.6 Å². The lowest BCUT2D eigenvalue weighted by Crippen LogP contribution is -2.42. The zero-order valence-electron chi connectivity index (χ0n) is 11.5. The summed E-state index contributed by atoms with van der Waals surface area (Å²) < 4.78 is 5.12. The van der Waals surface area contributed by atoms with Crippen LogP contribution in [-0.2, 0) is 9.53 Å². The predicted octanol–water partition coefficient (Wildman–Crippen LogP) is 1.26. The lowest BCUT2D eigenvalue weighted by atomic mass is 10.0. The molecule has 0 aliphatic heterocycles. The largest absolute Gasteiger partial charge is 0.383 e. The Kier molecular flexibility index (Phi) is 9.59. The van der Waals surface area contributed by atoms with E-state index in [0.29, 0.717) is 19.7 Å². The van der Waals surface area contributed by atoms with Crippen molar-refractivity contribution >= 4 is 17.7 Å². The minimum absolute atomic E-state index is 0.0317. The van der Waals surface area contributed by atoms with Crippen LogP contribution in [0.2, 0.25) is 0 Å². The summed E-state index contributed by atoms with van der Waals surface area (Å²) in [5, 5.41) is 6.02. The molecule has 0 saturated carbocycles. The van der Waals surface area contributed by atoms with Crippen LogP contribution in [0.15, 0.2) is 0 Å². The van der Waals surface area contributed by atoms with E-state index in [0.717, 1.165) is 19.4 Å². The monoisotopic (exact) mass is 262 g/mol. The minimum atomic E-state index is 0.0317. The molecule has 0 atom stereocenters. The van der Waals surface area contributed by atoms with Crippen molar-refractivity contribution in [2.45, 2.75) is 31.4 Å². The van der Waals surface area contributed by atoms with Crippen molar-refractivity contribution in [2.24, 2.45) is 0 Å². The van der Waals surface area contributed by atoms with Crippen LogP contribution in [0.4, 0.5) is 0 Å². The Labute approximate surface area is 109 Å². The third kappa shape index (κ3) is 6.91. The predicted molar refractivity (Wildman–Crippen MR) is 74.6 cm³/mol. The van der Waals surface area contributed by atoms with Crippen LogP contribution in [0.3, 0.4) is 0 Å². The van der Waals surface area contributed by atoms with Gasteiger partial charge in [0.2, 0.25) is 5.91 Å². The van der Waals surface area contributed by atoms with Crippen LogP contribution >= 0.6 is 11.8 Å². The van der Waals surface area contributed by atoms with Gasteiger partial charge in [0.1, 0.15) is 0 Å². The van der Waals surface area contributed by atoms with Crippen molar-refractivity contribution in [1.82, 2.24) is 10.6 Å². The molecule has 0 rings (SSSR count). The van der Waals surface area contributed by atoms with Gasteiger partial charge in [-0.2, -0.15) is 11.8 Å². The smallest absolute Gasteiger partial charge is 0.234 e. The SMILES string of the molecule is CCC(CC)(CNCC(=O)NCCOC)SC. The fraction of sp³-hybridized carbons (Fsp3) is 0.917. The molecule has 0 aliphatic rings. The number of nitrogens with one attached hydrogen (secondary N) is 2. The Morgan fingerprint density at radius 2 is 2.00 bits per heavy atom. The molecule has 0 unspecified atom stereocenters. The Balaban J connectivity index is 3.77. The van der Waals surface area contributed by atoms with Crippen LogP contribution in [-0.4, -0.2) is 50.3 Å². The van der Waals surface area contributed by atoms with Gasteiger partial charge in [-0.25, -0.2) is 0 Å². The maximum Gasteiger partial charge on any atom is 0.234 e. The second kappa shape index (κ2) is 9.74. The molecule has 102 valence electrons. The van der Waals surface area contributed by atoms with E-state index in [1.165, 1.54) is 0 Å². The number of carbonyl (C=O) groups excluding carboxylic acids is 1. The summed E-state index contributed by atoms with van der Waals surface area (Å²) in [6.45, 7) is 6.78. The first kappa shape index (κ1) is 16.7. The summed E-state index contributed by atoms with van der Waals surface area (Å²) in [5.41, 5.74) is 0. The Hall–Kier alpha value is -0.260. The fourth-order valence-electron chi connectivity index (χ4n) is 1.62. The van der Waals surface area contributed by atoms with E-state index in [1.54, 1.807) is 7.11 Å². The highest BCUT2D eigenvalue weighted by Gasteiger charge is 2.24. The fourth-order valence-corrected chi connectivity index (χ4v) is 2.44. The average Bonchev–Trinajstić information content (AvgIpc) is 2.36. The number of hydrogen-bond acceptors (Lipinski definition) is 4. The van der Waals surface area contributed by atoms with Gasteiger partial charge in [-0.05, 0) is 19.1 Å². The van der Waals surface area contributed by atoms with Gasteiger partial charge in [-0.1, -0.05) is 13.8 Å². The summed E-state index contributed by atoms with van der Waals surface area (Å²) >= 11 is 1.88. The molecule has 0 saturated heterocycles. The summed E-state index contributed by atoms with van der Waals surface area (Å²) in [4.78, 5) is 11.4. The average molecular weight is 262 g/mol. The van der Waals surface area contributed by atoms with E-state index in [4.69, 9.17) is 4.74 Å². The van der Waals surface area contributed by atoms with E-state index in [9.17, 15) is 4.79 Å². The lowest BCUT2D eigenvalue weighted by molar-refractivity contribution is -0.120. The first-order valence-electron chi connectivity index (χ1n) is 6.15. The first-order valence-corrected chi connectivity index (χ1v) is 7.38. The topological polar surface area (TPSA) is 50.4 Å². The Morgan fingerprint density at radius 3 is 2.47 bits per heavy atom. The van der Waals surface area contributed by atoms with Gasteiger partial charge < -0.3 is 15.4 Å². The van der Waals surface area contributed by atoms with Gasteiger partial charge in [0.25, 0.3) is 0 Å². The second-order valence-electron chi connectivity index (χ2n) is 4.04. The molecule has 0 aliphatic carbocycles. The van der Waals surface area contributed by atoms with Gasteiger partial charge in [0.05, 0.1) is 13.2 Å². The van der Waals surface area contributed by atoms with Crippen molar-refractivity contribution in [1.29, 1.82) is 0 Å². The van der Waals surface area contributed by atoms with Crippen molar-refractivity contribution in [3.63, 3.8) is 0 Å². The summed E-state index contributed by atoms with van der Waals surface area (Å²) in [5.74, 6) is 0.0317. The zero-order chi connectivity index (χ0) is 13.1. The Bertz CT molecular complexity index is 200. The third-order valence-electron chi connectivity index (χ3n) is 3.08. The third-order valence-corrected chi connectivity index (χ3v) is 4.67. The van der Waals surface area contributed by atoms with Crippen LogP contribution in [0, 0.1) is 0 Å². The van der Waals surface area contributed by atoms with Crippen molar-refractivity contribution in [3.8, 4) is 0 Å². The molecule has 1 amide bonds. The van der Waals surface area contributed by atoms with Gasteiger partial charge in [0, 0.05) is 24.9 Å². The molecular weight excluding hydrogens is 236 g/mol. The second-order valence-corrected chi connectivity index (χ2v) is 5.31. The van der Waals surface area contributed by atoms with E-state index in [2.05, 4.69) is 30.7 Å². The molecule has 0 aromatic carbocycles. The highest BCUT2D eigenvalue weighted by atomic mass is 32.2. The molecule has 5 heteroatoms. The van der Waals surface area contributed by atoms with Crippen LogP contribution in [0.25, 0.3) is 0 Å². The van der Waals surface area contributed by atoms with E-state index in [-0.39, 0.29) is 10.7 Å².